The largest absolute Gasteiger partial charge is 0.378 e. The van der Waals surface area contributed by atoms with E-state index in [9.17, 15) is 9.18 Å². The highest BCUT2D eigenvalue weighted by Crippen LogP contribution is 2.27. The number of carbonyl (C=O) groups excluding carboxylic acids is 1. The number of benzene rings is 1. The summed E-state index contributed by atoms with van der Waals surface area (Å²) in [4.78, 5) is 12.4. The molecule has 0 aromatic heterocycles. The third kappa shape index (κ3) is 2.25. The third-order valence-corrected chi connectivity index (χ3v) is 3.46. The van der Waals surface area contributed by atoms with Crippen LogP contribution in [0, 0.1) is 25.6 Å². The summed E-state index contributed by atoms with van der Waals surface area (Å²) in [5, 5.41) is 0. The minimum atomic E-state index is -0.285. The SMILES string of the molecule is Cc1cc(F)cc(C)c1C(=O)C1CCOC1C. The first-order valence-electron chi connectivity index (χ1n) is 5.93. The van der Waals surface area contributed by atoms with Gasteiger partial charge in [-0.25, -0.2) is 4.39 Å². The van der Waals surface area contributed by atoms with Gasteiger partial charge in [-0.05, 0) is 50.5 Å². The Morgan fingerprint density at radius 2 is 1.94 bits per heavy atom. The highest BCUT2D eigenvalue weighted by molar-refractivity contribution is 6.00. The van der Waals surface area contributed by atoms with E-state index in [2.05, 4.69) is 0 Å². The fraction of sp³-hybridized carbons (Fsp3) is 0.500. The van der Waals surface area contributed by atoms with Crippen LogP contribution < -0.4 is 0 Å². The number of hydrogen-bond acceptors (Lipinski definition) is 2. The van der Waals surface area contributed by atoms with Gasteiger partial charge in [0.1, 0.15) is 5.82 Å². The van der Waals surface area contributed by atoms with Crippen LogP contribution in [-0.4, -0.2) is 18.5 Å². The number of carbonyl (C=O) groups is 1. The zero-order valence-corrected chi connectivity index (χ0v) is 10.4. The standard InChI is InChI=1S/C14H17FO2/c1-8-6-11(15)7-9(2)13(8)14(16)12-4-5-17-10(12)3/h6-7,10,12H,4-5H2,1-3H3. The lowest BCUT2D eigenvalue weighted by atomic mass is 9.88. The Bertz CT molecular complexity index is 431. The molecular weight excluding hydrogens is 219 g/mol. The second-order valence-electron chi connectivity index (χ2n) is 4.75. The summed E-state index contributed by atoms with van der Waals surface area (Å²) < 4.78 is 18.6. The molecule has 92 valence electrons. The quantitative estimate of drug-likeness (QED) is 0.738. The first-order valence-corrected chi connectivity index (χ1v) is 5.93. The molecule has 2 atom stereocenters. The maximum absolute atomic E-state index is 13.2. The second-order valence-corrected chi connectivity index (χ2v) is 4.75. The van der Waals surface area contributed by atoms with Gasteiger partial charge < -0.3 is 4.74 Å². The van der Waals surface area contributed by atoms with Crippen molar-refractivity contribution in [2.75, 3.05) is 6.61 Å². The summed E-state index contributed by atoms with van der Waals surface area (Å²) in [7, 11) is 0. The Balaban J connectivity index is 2.37. The van der Waals surface area contributed by atoms with Crippen LogP contribution in [0.1, 0.15) is 34.8 Å². The molecule has 0 bridgehead atoms. The first-order chi connectivity index (χ1) is 8.00. The van der Waals surface area contributed by atoms with Gasteiger partial charge in [0.25, 0.3) is 0 Å². The monoisotopic (exact) mass is 236 g/mol. The Labute approximate surface area is 101 Å². The molecule has 2 unspecified atom stereocenters. The van der Waals surface area contributed by atoms with Crippen molar-refractivity contribution >= 4 is 5.78 Å². The van der Waals surface area contributed by atoms with Gasteiger partial charge in [0.15, 0.2) is 5.78 Å². The molecule has 0 radical (unpaired) electrons. The van der Waals surface area contributed by atoms with Crippen LogP contribution >= 0.6 is 0 Å². The van der Waals surface area contributed by atoms with E-state index in [1.807, 2.05) is 6.92 Å². The number of Topliss-reactive ketones (excluding diaryl/α,β-unsaturated/α-hetero) is 1. The van der Waals surface area contributed by atoms with E-state index in [1.54, 1.807) is 13.8 Å². The lowest BCUT2D eigenvalue weighted by Gasteiger charge is -2.16. The van der Waals surface area contributed by atoms with E-state index in [1.165, 1.54) is 12.1 Å². The summed E-state index contributed by atoms with van der Waals surface area (Å²) in [6.45, 7) is 6.12. The number of hydrogen-bond donors (Lipinski definition) is 0. The predicted octanol–water partition coefficient (Wildman–Crippen LogP) is 3.05. The van der Waals surface area contributed by atoms with Crippen LogP contribution in [0.5, 0.6) is 0 Å². The van der Waals surface area contributed by atoms with E-state index in [-0.39, 0.29) is 23.6 Å². The number of aryl methyl sites for hydroxylation is 2. The summed E-state index contributed by atoms with van der Waals surface area (Å²) in [6, 6.07) is 2.83. The van der Waals surface area contributed by atoms with Crippen LogP contribution in [0.3, 0.4) is 0 Å². The number of rotatable bonds is 2. The molecule has 3 heteroatoms. The molecule has 1 aromatic rings. The average Bonchev–Trinajstić information content (AvgIpc) is 2.62. The molecule has 1 saturated heterocycles. The summed E-state index contributed by atoms with van der Waals surface area (Å²) in [5.74, 6) is -0.282. The highest BCUT2D eigenvalue weighted by Gasteiger charge is 2.32. The van der Waals surface area contributed by atoms with Crippen LogP contribution in [-0.2, 0) is 4.74 Å². The lowest BCUT2D eigenvalue weighted by Crippen LogP contribution is -2.23. The molecule has 1 aliphatic heterocycles. The Hall–Kier alpha value is -1.22. The van der Waals surface area contributed by atoms with Crippen molar-refractivity contribution < 1.29 is 13.9 Å². The zero-order valence-electron chi connectivity index (χ0n) is 10.4. The Kier molecular flexibility index (Phi) is 3.29. The topological polar surface area (TPSA) is 26.3 Å². The van der Waals surface area contributed by atoms with Crippen molar-refractivity contribution in [2.24, 2.45) is 5.92 Å². The summed E-state index contributed by atoms with van der Waals surface area (Å²) >= 11 is 0. The van der Waals surface area contributed by atoms with Gasteiger partial charge in [-0.15, -0.1) is 0 Å². The van der Waals surface area contributed by atoms with E-state index < -0.39 is 0 Å². The molecule has 1 aliphatic rings. The number of ketones is 1. The van der Waals surface area contributed by atoms with Gasteiger partial charge in [-0.3, -0.25) is 4.79 Å². The molecule has 0 spiro atoms. The smallest absolute Gasteiger partial charge is 0.169 e. The maximum Gasteiger partial charge on any atom is 0.169 e. The van der Waals surface area contributed by atoms with Gasteiger partial charge in [0.05, 0.1) is 12.0 Å². The normalized spacial score (nSPS) is 24.0. The summed E-state index contributed by atoms with van der Waals surface area (Å²) in [5.41, 5.74) is 2.09. The van der Waals surface area contributed by atoms with Gasteiger partial charge in [0.2, 0.25) is 0 Å². The van der Waals surface area contributed by atoms with E-state index in [4.69, 9.17) is 4.74 Å². The van der Waals surface area contributed by atoms with E-state index in [0.717, 1.165) is 6.42 Å². The highest BCUT2D eigenvalue weighted by atomic mass is 19.1. The molecule has 0 saturated carbocycles. The van der Waals surface area contributed by atoms with Gasteiger partial charge in [0, 0.05) is 12.2 Å². The summed E-state index contributed by atoms with van der Waals surface area (Å²) in [6.07, 6.45) is 0.724. The van der Waals surface area contributed by atoms with Crippen molar-refractivity contribution in [3.8, 4) is 0 Å². The molecule has 0 N–H and O–H groups in total. The number of halogens is 1. The predicted molar refractivity (Wildman–Crippen MR) is 63.7 cm³/mol. The van der Waals surface area contributed by atoms with Crippen molar-refractivity contribution in [1.82, 2.24) is 0 Å². The van der Waals surface area contributed by atoms with Crippen LogP contribution in [0.2, 0.25) is 0 Å². The fourth-order valence-electron chi connectivity index (χ4n) is 2.56. The van der Waals surface area contributed by atoms with Gasteiger partial charge in [-0.1, -0.05) is 0 Å². The van der Waals surface area contributed by atoms with Crippen LogP contribution in [0.25, 0.3) is 0 Å². The van der Waals surface area contributed by atoms with Crippen molar-refractivity contribution in [1.29, 1.82) is 0 Å². The molecule has 1 fully saturated rings. The molecule has 2 nitrogen and oxygen atoms in total. The van der Waals surface area contributed by atoms with E-state index >= 15 is 0 Å². The van der Waals surface area contributed by atoms with Crippen LogP contribution in [0.4, 0.5) is 4.39 Å². The van der Waals surface area contributed by atoms with E-state index in [0.29, 0.717) is 23.3 Å². The van der Waals surface area contributed by atoms with Crippen molar-refractivity contribution in [2.45, 2.75) is 33.3 Å². The first kappa shape index (κ1) is 12.2. The Morgan fingerprint density at radius 3 is 2.41 bits per heavy atom. The van der Waals surface area contributed by atoms with Crippen molar-refractivity contribution in [3.63, 3.8) is 0 Å². The molecule has 17 heavy (non-hydrogen) atoms. The maximum atomic E-state index is 13.2. The van der Waals surface area contributed by atoms with Crippen LogP contribution in [0.15, 0.2) is 12.1 Å². The molecule has 0 aliphatic carbocycles. The van der Waals surface area contributed by atoms with Crippen molar-refractivity contribution in [3.05, 3.63) is 34.6 Å². The molecular formula is C14H17FO2. The fourth-order valence-corrected chi connectivity index (χ4v) is 2.56. The zero-order chi connectivity index (χ0) is 12.6. The average molecular weight is 236 g/mol. The molecule has 0 amide bonds. The molecule has 2 rings (SSSR count). The minimum absolute atomic E-state index is 0.0358. The number of ether oxygens (including phenoxy) is 1. The minimum Gasteiger partial charge on any atom is -0.378 e. The van der Waals surface area contributed by atoms with Gasteiger partial charge >= 0.3 is 0 Å². The third-order valence-electron chi connectivity index (χ3n) is 3.46. The Morgan fingerprint density at radius 1 is 1.35 bits per heavy atom. The second kappa shape index (κ2) is 4.57. The molecule has 1 aromatic carbocycles. The lowest BCUT2D eigenvalue weighted by molar-refractivity contribution is 0.0763. The molecule has 1 heterocycles. The van der Waals surface area contributed by atoms with Gasteiger partial charge in [-0.2, -0.15) is 0 Å².